The van der Waals surface area contributed by atoms with Crippen molar-refractivity contribution in [3.05, 3.63) is 42.2 Å². The first-order valence-corrected chi connectivity index (χ1v) is 6.96. The van der Waals surface area contributed by atoms with Gasteiger partial charge in [0.15, 0.2) is 9.84 Å². The van der Waals surface area contributed by atoms with Crippen LogP contribution in [0.4, 0.5) is 5.69 Å². The van der Waals surface area contributed by atoms with E-state index in [4.69, 9.17) is 0 Å². The van der Waals surface area contributed by atoms with Crippen molar-refractivity contribution in [2.45, 2.75) is 4.90 Å². The second-order valence-electron chi connectivity index (χ2n) is 3.74. The van der Waals surface area contributed by atoms with Gasteiger partial charge in [-0.1, -0.05) is 6.07 Å². The van der Waals surface area contributed by atoms with E-state index in [1.165, 1.54) is 30.6 Å². The molecule has 0 bridgehead atoms. The molecule has 0 saturated carbocycles. The lowest BCUT2D eigenvalue weighted by Crippen LogP contribution is -2.12. The van der Waals surface area contributed by atoms with Crippen LogP contribution in [0.25, 0.3) is 0 Å². The van der Waals surface area contributed by atoms with E-state index >= 15 is 0 Å². The molecule has 6 nitrogen and oxygen atoms in total. The Labute approximate surface area is 104 Å². The van der Waals surface area contributed by atoms with Crippen LogP contribution in [-0.4, -0.2) is 30.8 Å². The number of amides is 1. The molecule has 1 amide bonds. The molecule has 0 atom stereocenters. The summed E-state index contributed by atoms with van der Waals surface area (Å²) in [4.78, 5) is 12.0. The molecule has 1 aromatic carbocycles. The fraction of sp³-hybridized carbons (Fsp3) is 0.0909. The fourth-order valence-electron chi connectivity index (χ4n) is 1.39. The molecule has 94 valence electrons. The summed E-state index contributed by atoms with van der Waals surface area (Å²) in [6.45, 7) is 0. The molecular weight excluding hydrogens is 254 g/mol. The van der Waals surface area contributed by atoms with Crippen LogP contribution in [0.1, 0.15) is 10.4 Å². The molecule has 0 fully saturated rings. The van der Waals surface area contributed by atoms with Crippen molar-refractivity contribution in [1.29, 1.82) is 0 Å². The number of hydrogen-bond acceptors (Lipinski definition) is 4. The van der Waals surface area contributed by atoms with Crippen molar-refractivity contribution >= 4 is 21.4 Å². The molecule has 0 aliphatic rings. The number of H-pyrrole nitrogens is 1. The van der Waals surface area contributed by atoms with Gasteiger partial charge in [0.2, 0.25) is 0 Å². The number of aromatic amines is 1. The molecule has 2 rings (SSSR count). The highest BCUT2D eigenvalue weighted by Crippen LogP contribution is 2.13. The van der Waals surface area contributed by atoms with Crippen LogP contribution >= 0.6 is 0 Å². The van der Waals surface area contributed by atoms with Gasteiger partial charge >= 0.3 is 0 Å². The average molecular weight is 265 g/mol. The first kappa shape index (κ1) is 12.3. The zero-order chi connectivity index (χ0) is 13.2. The lowest BCUT2D eigenvalue weighted by molar-refractivity contribution is 0.102. The number of sulfone groups is 1. The molecule has 18 heavy (non-hydrogen) atoms. The van der Waals surface area contributed by atoms with Crippen LogP contribution in [0, 0.1) is 0 Å². The Bertz CT molecular complexity index is 663. The third-order valence-corrected chi connectivity index (χ3v) is 3.39. The number of carbonyl (C=O) groups excluding carboxylic acids is 1. The summed E-state index contributed by atoms with van der Waals surface area (Å²) < 4.78 is 22.8. The third-order valence-electron chi connectivity index (χ3n) is 2.28. The second kappa shape index (κ2) is 4.61. The van der Waals surface area contributed by atoms with Crippen LogP contribution in [-0.2, 0) is 9.84 Å². The van der Waals surface area contributed by atoms with Crippen molar-refractivity contribution in [2.75, 3.05) is 11.6 Å². The first-order valence-electron chi connectivity index (χ1n) is 5.07. The van der Waals surface area contributed by atoms with Crippen LogP contribution in [0.2, 0.25) is 0 Å². The monoisotopic (exact) mass is 265 g/mol. The summed E-state index contributed by atoms with van der Waals surface area (Å²) >= 11 is 0. The second-order valence-corrected chi connectivity index (χ2v) is 5.76. The predicted molar refractivity (Wildman–Crippen MR) is 66.1 cm³/mol. The smallest absolute Gasteiger partial charge is 0.255 e. The highest BCUT2D eigenvalue weighted by atomic mass is 32.2. The maximum absolute atomic E-state index is 11.8. The number of nitrogens with zero attached hydrogens (tertiary/aromatic N) is 1. The van der Waals surface area contributed by atoms with E-state index in [9.17, 15) is 13.2 Å². The number of nitrogens with one attached hydrogen (secondary N) is 2. The maximum atomic E-state index is 11.8. The lowest BCUT2D eigenvalue weighted by atomic mass is 10.2. The molecule has 0 unspecified atom stereocenters. The van der Waals surface area contributed by atoms with E-state index in [1.807, 2.05) is 0 Å². The minimum Gasteiger partial charge on any atom is -0.319 e. The number of hydrogen-bond donors (Lipinski definition) is 2. The molecule has 0 aliphatic carbocycles. The first-order chi connectivity index (χ1) is 8.47. The molecule has 0 spiro atoms. The van der Waals surface area contributed by atoms with E-state index in [0.717, 1.165) is 6.26 Å². The average Bonchev–Trinajstić information content (AvgIpc) is 2.81. The van der Waals surface area contributed by atoms with Crippen molar-refractivity contribution in [3.8, 4) is 0 Å². The van der Waals surface area contributed by atoms with Crippen LogP contribution in [0.5, 0.6) is 0 Å². The number of benzene rings is 1. The van der Waals surface area contributed by atoms with Gasteiger partial charge in [0.1, 0.15) is 0 Å². The quantitative estimate of drug-likeness (QED) is 0.868. The summed E-state index contributed by atoms with van der Waals surface area (Å²) in [6.07, 6.45) is 4.08. The number of anilines is 1. The number of aromatic nitrogens is 2. The topological polar surface area (TPSA) is 91.9 Å². The van der Waals surface area contributed by atoms with Gasteiger partial charge in [-0.25, -0.2) is 8.42 Å². The minimum absolute atomic E-state index is 0.113. The summed E-state index contributed by atoms with van der Waals surface area (Å²) in [5.74, 6) is -0.387. The Balaban J connectivity index is 2.26. The Morgan fingerprint density at radius 3 is 2.78 bits per heavy atom. The molecule has 0 aliphatic heterocycles. The minimum atomic E-state index is -3.32. The molecule has 1 heterocycles. The van der Waals surface area contributed by atoms with Gasteiger partial charge in [0.25, 0.3) is 5.91 Å². The normalized spacial score (nSPS) is 11.2. The molecule has 1 aromatic heterocycles. The van der Waals surface area contributed by atoms with Gasteiger partial charge in [-0.2, -0.15) is 5.10 Å². The van der Waals surface area contributed by atoms with E-state index in [2.05, 4.69) is 15.5 Å². The van der Waals surface area contributed by atoms with Crippen molar-refractivity contribution in [2.24, 2.45) is 0 Å². The Hall–Kier alpha value is -2.15. The third kappa shape index (κ3) is 2.75. The largest absolute Gasteiger partial charge is 0.319 e. The van der Waals surface area contributed by atoms with E-state index in [-0.39, 0.29) is 16.4 Å². The highest BCUT2D eigenvalue weighted by Gasteiger charge is 2.11. The van der Waals surface area contributed by atoms with E-state index in [1.54, 1.807) is 6.07 Å². The van der Waals surface area contributed by atoms with Crippen LogP contribution < -0.4 is 5.32 Å². The van der Waals surface area contributed by atoms with E-state index in [0.29, 0.717) is 5.69 Å². The Morgan fingerprint density at radius 1 is 1.39 bits per heavy atom. The molecular formula is C11H11N3O3S. The summed E-state index contributed by atoms with van der Waals surface area (Å²) in [5, 5.41) is 8.84. The molecule has 7 heteroatoms. The summed E-state index contributed by atoms with van der Waals surface area (Å²) in [5.41, 5.74) is 0.795. The number of rotatable bonds is 3. The van der Waals surface area contributed by atoms with Gasteiger partial charge in [0.05, 0.1) is 16.8 Å². The Kier molecular flexibility index (Phi) is 3.15. The van der Waals surface area contributed by atoms with Crippen LogP contribution in [0.15, 0.2) is 41.6 Å². The van der Waals surface area contributed by atoms with Crippen molar-refractivity contribution in [3.63, 3.8) is 0 Å². The van der Waals surface area contributed by atoms with Crippen LogP contribution in [0.3, 0.4) is 0 Å². The number of carbonyl (C=O) groups is 1. The van der Waals surface area contributed by atoms with Crippen molar-refractivity contribution in [1.82, 2.24) is 10.2 Å². The van der Waals surface area contributed by atoms with Gasteiger partial charge in [-0.05, 0) is 18.2 Å². The zero-order valence-electron chi connectivity index (χ0n) is 9.54. The SMILES string of the molecule is CS(=O)(=O)c1cccc(C(=O)Nc2cn[nH]c2)c1. The van der Waals surface area contributed by atoms with Gasteiger partial charge in [-0.15, -0.1) is 0 Å². The molecule has 2 aromatic rings. The molecule has 0 radical (unpaired) electrons. The Morgan fingerprint density at radius 2 is 2.17 bits per heavy atom. The molecule has 2 N–H and O–H groups in total. The van der Waals surface area contributed by atoms with Crippen molar-refractivity contribution < 1.29 is 13.2 Å². The summed E-state index contributed by atoms with van der Waals surface area (Å²) in [6, 6.07) is 5.86. The molecule has 0 saturated heterocycles. The van der Waals surface area contributed by atoms with Gasteiger partial charge < -0.3 is 5.32 Å². The zero-order valence-corrected chi connectivity index (χ0v) is 10.4. The summed E-state index contributed by atoms with van der Waals surface area (Å²) in [7, 11) is -3.32. The lowest BCUT2D eigenvalue weighted by Gasteiger charge is -2.04. The standard InChI is InChI=1S/C11H11N3O3S/c1-18(16,17)10-4-2-3-8(5-10)11(15)14-9-6-12-13-7-9/h2-7H,1H3,(H,12,13)(H,14,15). The highest BCUT2D eigenvalue weighted by molar-refractivity contribution is 7.90. The van der Waals surface area contributed by atoms with Gasteiger partial charge in [-0.3, -0.25) is 9.89 Å². The predicted octanol–water partition coefficient (Wildman–Crippen LogP) is 1.07. The van der Waals surface area contributed by atoms with Gasteiger partial charge in [0, 0.05) is 18.0 Å². The maximum Gasteiger partial charge on any atom is 0.255 e. The van der Waals surface area contributed by atoms with E-state index < -0.39 is 9.84 Å². The fourth-order valence-corrected chi connectivity index (χ4v) is 2.06.